The number of ether oxygens (including phenoxy) is 1. The van der Waals surface area contributed by atoms with E-state index >= 15 is 0 Å². The minimum absolute atomic E-state index is 0.533. The SMILES string of the molecule is CCOc1ccccc1-c1cn2nc(C(CC)CC)sc2n1. The highest BCUT2D eigenvalue weighted by molar-refractivity contribution is 7.16. The molecule has 4 nitrogen and oxygen atoms in total. The average Bonchev–Trinajstić information content (AvgIpc) is 3.08. The molecule has 3 rings (SSSR count). The van der Waals surface area contributed by atoms with Gasteiger partial charge in [-0.05, 0) is 31.9 Å². The molecular formula is C17H21N3OS. The number of para-hydroxylation sites is 1. The van der Waals surface area contributed by atoms with Crippen molar-refractivity contribution in [1.82, 2.24) is 14.6 Å². The summed E-state index contributed by atoms with van der Waals surface area (Å²) in [6.45, 7) is 7.06. The van der Waals surface area contributed by atoms with E-state index in [-0.39, 0.29) is 0 Å². The average molecular weight is 315 g/mol. The molecule has 1 aromatic carbocycles. The number of nitrogens with zero attached hydrogens (tertiary/aromatic N) is 3. The maximum absolute atomic E-state index is 5.69. The maximum Gasteiger partial charge on any atom is 0.212 e. The summed E-state index contributed by atoms with van der Waals surface area (Å²) >= 11 is 1.69. The summed E-state index contributed by atoms with van der Waals surface area (Å²) in [4.78, 5) is 5.68. The topological polar surface area (TPSA) is 39.4 Å². The molecule has 0 N–H and O–H groups in total. The van der Waals surface area contributed by atoms with E-state index in [4.69, 9.17) is 14.8 Å². The Bertz CT molecular complexity index is 727. The standard InChI is InChI=1S/C17H21N3OS/c1-4-12(5-2)16-19-20-11-14(18-17(20)22-16)13-9-7-8-10-15(13)21-6-3/h7-12H,4-6H2,1-3H3. The lowest BCUT2D eigenvalue weighted by atomic mass is 10.1. The van der Waals surface area contributed by atoms with Crippen LogP contribution in [0.25, 0.3) is 16.2 Å². The van der Waals surface area contributed by atoms with Crippen molar-refractivity contribution in [3.63, 3.8) is 0 Å². The molecule has 0 aliphatic heterocycles. The Balaban J connectivity index is 1.98. The van der Waals surface area contributed by atoms with Crippen LogP contribution in [0.1, 0.15) is 44.5 Å². The lowest BCUT2D eigenvalue weighted by Gasteiger charge is -2.07. The van der Waals surface area contributed by atoms with Crippen molar-refractivity contribution in [3.05, 3.63) is 35.5 Å². The zero-order valence-electron chi connectivity index (χ0n) is 13.2. The molecule has 2 heterocycles. The third-order valence-electron chi connectivity index (χ3n) is 3.86. The quantitative estimate of drug-likeness (QED) is 0.658. The van der Waals surface area contributed by atoms with E-state index in [0.717, 1.165) is 34.8 Å². The van der Waals surface area contributed by atoms with E-state index in [1.165, 1.54) is 5.01 Å². The Morgan fingerprint density at radius 1 is 1.18 bits per heavy atom. The van der Waals surface area contributed by atoms with Crippen LogP contribution in [0.2, 0.25) is 0 Å². The second-order valence-electron chi connectivity index (χ2n) is 5.24. The van der Waals surface area contributed by atoms with Crippen molar-refractivity contribution >= 4 is 16.3 Å². The third-order valence-corrected chi connectivity index (χ3v) is 4.94. The fourth-order valence-electron chi connectivity index (χ4n) is 2.61. The molecule has 0 saturated carbocycles. The summed E-state index contributed by atoms with van der Waals surface area (Å²) in [7, 11) is 0. The first-order valence-corrected chi connectivity index (χ1v) is 8.66. The largest absolute Gasteiger partial charge is 0.493 e. The number of benzene rings is 1. The van der Waals surface area contributed by atoms with E-state index in [1.807, 2.05) is 41.9 Å². The van der Waals surface area contributed by atoms with E-state index in [0.29, 0.717) is 12.5 Å². The number of rotatable bonds is 6. The summed E-state index contributed by atoms with van der Waals surface area (Å²) in [5.74, 6) is 1.40. The fraction of sp³-hybridized carbons (Fsp3) is 0.412. The van der Waals surface area contributed by atoms with E-state index < -0.39 is 0 Å². The van der Waals surface area contributed by atoms with Gasteiger partial charge in [0.15, 0.2) is 0 Å². The van der Waals surface area contributed by atoms with Gasteiger partial charge in [0.1, 0.15) is 10.8 Å². The van der Waals surface area contributed by atoms with Crippen LogP contribution in [0.4, 0.5) is 0 Å². The third kappa shape index (κ3) is 2.73. The highest BCUT2D eigenvalue weighted by atomic mass is 32.1. The summed E-state index contributed by atoms with van der Waals surface area (Å²) in [6.07, 6.45) is 4.23. The molecule has 116 valence electrons. The predicted molar refractivity (Wildman–Crippen MR) is 90.8 cm³/mol. The molecule has 0 aliphatic carbocycles. The van der Waals surface area contributed by atoms with Crippen molar-refractivity contribution in [2.45, 2.75) is 39.5 Å². The van der Waals surface area contributed by atoms with Crippen molar-refractivity contribution in [3.8, 4) is 17.0 Å². The van der Waals surface area contributed by atoms with Crippen LogP contribution in [-0.4, -0.2) is 21.2 Å². The molecule has 0 radical (unpaired) electrons. The Morgan fingerprint density at radius 2 is 1.95 bits per heavy atom. The molecule has 2 aromatic heterocycles. The zero-order valence-corrected chi connectivity index (χ0v) is 14.1. The molecule has 0 aliphatic rings. The second-order valence-corrected chi connectivity index (χ2v) is 6.22. The highest BCUT2D eigenvalue weighted by Gasteiger charge is 2.16. The van der Waals surface area contributed by atoms with Crippen molar-refractivity contribution in [1.29, 1.82) is 0 Å². The Kier molecular flexibility index (Phi) is 4.43. The summed E-state index contributed by atoms with van der Waals surface area (Å²) in [6, 6.07) is 8.01. The van der Waals surface area contributed by atoms with E-state index in [2.05, 4.69) is 13.8 Å². The minimum atomic E-state index is 0.533. The molecule has 0 saturated heterocycles. The van der Waals surface area contributed by atoms with Crippen molar-refractivity contribution in [2.24, 2.45) is 0 Å². The molecule has 5 heteroatoms. The molecule has 0 amide bonds. The maximum atomic E-state index is 5.69. The summed E-state index contributed by atoms with van der Waals surface area (Å²) in [5, 5.41) is 5.89. The first kappa shape index (κ1) is 15.0. The first-order chi connectivity index (χ1) is 10.8. The number of hydrogen-bond donors (Lipinski definition) is 0. The fourth-order valence-corrected chi connectivity index (χ4v) is 3.75. The second kappa shape index (κ2) is 6.48. The number of imidazole rings is 1. The Hall–Kier alpha value is -1.88. The van der Waals surface area contributed by atoms with Gasteiger partial charge in [-0.1, -0.05) is 37.3 Å². The Morgan fingerprint density at radius 3 is 2.64 bits per heavy atom. The van der Waals surface area contributed by atoms with Gasteiger partial charge in [0, 0.05) is 11.5 Å². The zero-order chi connectivity index (χ0) is 15.5. The van der Waals surface area contributed by atoms with Gasteiger partial charge in [-0.2, -0.15) is 5.10 Å². The van der Waals surface area contributed by atoms with Gasteiger partial charge in [-0.3, -0.25) is 0 Å². The number of fused-ring (bicyclic) bond motifs is 1. The van der Waals surface area contributed by atoms with Crippen LogP contribution in [0, 0.1) is 0 Å². The smallest absolute Gasteiger partial charge is 0.212 e. The van der Waals surface area contributed by atoms with Crippen molar-refractivity contribution in [2.75, 3.05) is 6.61 Å². The van der Waals surface area contributed by atoms with Gasteiger partial charge in [-0.15, -0.1) is 0 Å². The van der Waals surface area contributed by atoms with Crippen LogP contribution in [0.5, 0.6) is 5.75 Å². The molecule has 0 fully saturated rings. The monoisotopic (exact) mass is 315 g/mol. The van der Waals surface area contributed by atoms with E-state index in [9.17, 15) is 0 Å². The first-order valence-electron chi connectivity index (χ1n) is 7.85. The van der Waals surface area contributed by atoms with Gasteiger partial charge in [0.25, 0.3) is 0 Å². The number of aromatic nitrogens is 3. The summed E-state index contributed by atoms with van der Waals surface area (Å²) < 4.78 is 7.59. The normalized spacial score (nSPS) is 11.5. The van der Waals surface area contributed by atoms with Gasteiger partial charge in [-0.25, -0.2) is 9.50 Å². The molecule has 0 atom stereocenters. The lowest BCUT2D eigenvalue weighted by molar-refractivity contribution is 0.341. The molecule has 0 bridgehead atoms. The van der Waals surface area contributed by atoms with Gasteiger partial charge >= 0.3 is 0 Å². The molecule has 0 spiro atoms. The molecular weight excluding hydrogens is 294 g/mol. The number of hydrogen-bond acceptors (Lipinski definition) is 4. The van der Waals surface area contributed by atoms with Gasteiger partial charge in [0.05, 0.1) is 18.5 Å². The summed E-state index contributed by atoms with van der Waals surface area (Å²) in [5.41, 5.74) is 1.94. The Labute approximate surface area is 134 Å². The van der Waals surface area contributed by atoms with Crippen LogP contribution >= 0.6 is 11.3 Å². The van der Waals surface area contributed by atoms with Crippen molar-refractivity contribution < 1.29 is 4.74 Å². The van der Waals surface area contributed by atoms with Crippen LogP contribution in [-0.2, 0) is 0 Å². The highest BCUT2D eigenvalue weighted by Crippen LogP contribution is 2.32. The predicted octanol–water partition coefficient (Wildman–Crippen LogP) is 4.76. The van der Waals surface area contributed by atoms with Crippen LogP contribution < -0.4 is 4.74 Å². The molecule has 3 aromatic rings. The van der Waals surface area contributed by atoms with Crippen LogP contribution in [0.3, 0.4) is 0 Å². The van der Waals surface area contributed by atoms with E-state index in [1.54, 1.807) is 11.3 Å². The molecule has 0 unspecified atom stereocenters. The molecule has 22 heavy (non-hydrogen) atoms. The van der Waals surface area contributed by atoms with Gasteiger partial charge < -0.3 is 4.74 Å². The van der Waals surface area contributed by atoms with Crippen LogP contribution in [0.15, 0.2) is 30.5 Å². The minimum Gasteiger partial charge on any atom is -0.493 e. The van der Waals surface area contributed by atoms with Gasteiger partial charge in [0.2, 0.25) is 4.96 Å². The lowest BCUT2D eigenvalue weighted by Crippen LogP contribution is -1.96.